The summed E-state index contributed by atoms with van der Waals surface area (Å²) in [7, 11) is 1.72. The van der Waals surface area contributed by atoms with Crippen molar-refractivity contribution >= 4 is 17.5 Å². The number of nitrogens with one attached hydrogen (secondary N) is 1. The molecule has 3 rings (SSSR count). The Morgan fingerprint density at radius 2 is 2.21 bits per heavy atom. The summed E-state index contributed by atoms with van der Waals surface area (Å²) in [6.45, 7) is 2.26. The maximum atomic E-state index is 8.63. The fraction of sp³-hybridized carbons (Fsp3) is 0.562. The lowest BCUT2D eigenvalue weighted by Crippen LogP contribution is -2.45. The summed E-state index contributed by atoms with van der Waals surface area (Å²) >= 11 is 1.98. The summed E-state index contributed by atoms with van der Waals surface area (Å²) in [4.78, 5) is 0. The van der Waals surface area contributed by atoms with Gasteiger partial charge in [0.25, 0.3) is 0 Å². The van der Waals surface area contributed by atoms with Gasteiger partial charge in [-0.3, -0.25) is 0 Å². The molecule has 1 heterocycles. The van der Waals surface area contributed by atoms with E-state index in [0.717, 1.165) is 24.3 Å². The quantitative estimate of drug-likeness (QED) is 0.845. The van der Waals surface area contributed by atoms with Crippen LogP contribution in [-0.4, -0.2) is 23.8 Å². The van der Waals surface area contributed by atoms with Crippen molar-refractivity contribution in [3.05, 3.63) is 29.3 Å². The van der Waals surface area contributed by atoms with Crippen LogP contribution >= 0.6 is 11.8 Å². The van der Waals surface area contributed by atoms with Crippen molar-refractivity contribution in [2.75, 3.05) is 12.9 Å². The molecule has 2 bridgehead atoms. The van der Waals surface area contributed by atoms with E-state index in [2.05, 4.69) is 25.1 Å². The van der Waals surface area contributed by atoms with Crippen molar-refractivity contribution in [3.8, 4) is 5.75 Å². The number of ether oxygens (including phenoxy) is 1. The fourth-order valence-electron chi connectivity index (χ4n) is 3.39. The van der Waals surface area contributed by atoms with Crippen molar-refractivity contribution in [2.45, 2.75) is 43.3 Å². The maximum Gasteiger partial charge on any atom is 0.119 e. The monoisotopic (exact) mass is 275 g/mol. The molecule has 1 aliphatic carbocycles. The Hall–Kier alpha value is -0.960. The third kappa shape index (κ3) is 2.08. The zero-order valence-electron chi connectivity index (χ0n) is 11.7. The van der Waals surface area contributed by atoms with Gasteiger partial charge in [-0.25, -0.2) is 0 Å². The highest BCUT2D eigenvalue weighted by Crippen LogP contribution is 2.44. The van der Waals surface area contributed by atoms with Gasteiger partial charge < -0.3 is 10.1 Å². The Morgan fingerprint density at radius 3 is 3.00 bits per heavy atom. The average molecular weight is 275 g/mol. The molecule has 1 fully saturated rings. The van der Waals surface area contributed by atoms with E-state index >= 15 is 0 Å². The highest BCUT2D eigenvalue weighted by molar-refractivity contribution is 8.00. The van der Waals surface area contributed by atoms with Crippen LogP contribution in [0.3, 0.4) is 0 Å². The van der Waals surface area contributed by atoms with Gasteiger partial charge in [0, 0.05) is 16.4 Å². The first-order chi connectivity index (χ1) is 9.15. The molecule has 2 atom stereocenters. The minimum absolute atomic E-state index is 0.0831. The van der Waals surface area contributed by atoms with Crippen molar-refractivity contribution < 1.29 is 4.74 Å². The molecule has 1 aromatic carbocycles. The predicted octanol–water partition coefficient (Wildman–Crippen LogP) is 3.81. The van der Waals surface area contributed by atoms with Gasteiger partial charge in [-0.05, 0) is 48.3 Å². The minimum Gasteiger partial charge on any atom is -0.497 e. The van der Waals surface area contributed by atoms with Gasteiger partial charge in [0.05, 0.1) is 7.11 Å². The molecule has 1 saturated heterocycles. The molecule has 0 amide bonds. The lowest BCUT2D eigenvalue weighted by Gasteiger charge is -2.42. The van der Waals surface area contributed by atoms with Gasteiger partial charge in [-0.2, -0.15) is 11.8 Å². The lowest BCUT2D eigenvalue weighted by molar-refractivity contribution is 0.411. The summed E-state index contributed by atoms with van der Waals surface area (Å²) < 4.78 is 5.38. The molecule has 3 heteroatoms. The van der Waals surface area contributed by atoms with Crippen LogP contribution in [0, 0.1) is 5.41 Å². The van der Waals surface area contributed by atoms with E-state index in [9.17, 15) is 0 Å². The van der Waals surface area contributed by atoms with Crippen LogP contribution in [0.2, 0.25) is 0 Å². The Bertz CT molecular complexity index is 513. The highest BCUT2D eigenvalue weighted by Gasteiger charge is 2.42. The van der Waals surface area contributed by atoms with E-state index in [0.29, 0.717) is 5.25 Å². The number of hydrogen-bond donors (Lipinski definition) is 1. The van der Waals surface area contributed by atoms with Crippen LogP contribution < -0.4 is 4.74 Å². The molecule has 102 valence electrons. The predicted molar refractivity (Wildman–Crippen MR) is 81.9 cm³/mol. The van der Waals surface area contributed by atoms with E-state index < -0.39 is 0 Å². The van der Waals surface area contributed by atoms with Gasteiger partial charge in [0.1, 0.15) is 5.75 Å². The molecule has 0 saturated carbocycles. The molecule has 2 nitrogen and oxygen atoms in total. The van der Waals surface area contributed by atoms with Crippen molar-refractivity contribution in [2.24, 2.45) is 0 Å². The number of benzene rings is 1. The number of rotatable bonds is 1. The van der Waals surface area contributed by atoms with E-state index in [1.165, 1.54) is 29.7 Å². The van der Waals surface area contributed by atoms with Gasteiger partial charge in [-0.15, -0.1) is 0 Å². The Morgan fingerprint density at radius 1 is 1.37 bits per heavy atom. The second kappa shape index (κ2) is 4.86. The Labute approximate surface area is 119 Å². The number of hydrogen-bond acceptors (Lipinski definition) is 3. The lowest BCUT2D eigenvalue weighted by atomic mass is 9.67. The van der Waals surface area contributed by atoms with Crippen LogP contribution in [0.5, 0.6) is 5.75 Å². The molecule has 0 radical (unpaired) electrons. The molecule has 2 unspecified atom stereocenters. The summed E-state index contributed by atoms with van der Waals surface area (Å²) in [5.74, 6) is 2.12. The zero-order chi connectivity index (χ0) is 13.5. The maximum absolute atomic E-state index is 8.63. The summed E-state index contributed by atoms with van der Waals surface area (Å²) in [5.41, 5.74) is 3.59. The van der Waals surface area contributed by atoms with Gasteiger partial charge >= 0.3 is 0 Å². The minimum atomic E-state index is -0.0831. The van der Waals surface area contributed by atoms with E-state index in [1.807, 2.05) is 11.8 Å². The molecule has 1 aliphatic heterocycles. The first kappa shape index (κ1) is 13.0. The first-order valence-electron chi connectivity index (χ1n) is 7.03. The summed E-state index contributed by atoms with van der Waals surface area (Å²) in [5, 5.41) is 9.01. The SMILES string of the molecule is COc1ccc2c(c1)C1(C)CCCCSC(C2)C1=N. The molecule has 0 aromatic heterocycles. The molecule has 0 spiro atoms. The average Bonchev–Trinajstić information content (AvgIpc) is 2.43. The molecular formula is C16H21NOS. The van der Waals surface area contributed by atoms with Crippen LogP contribution in [0.25, 0.3) is 0 Å². The smallest absolute Gasteiger partial charge is 0.119 e. The number of thioether (sulfide) groups is 1. The van der Waals surface area contributed by atoms with Crippen molar-refractivity contribution in [3.63, 3.8) is 0 Å². The van der Waals surface area contributed by atoms with Crippen LogP contribution in [0.1, 0.15) is 37.3 Å². The fourth-order valence-corrected chi connectivity index (χ4v) is 4.77. The Balaban J connectivity index is 2.12. The molecule has 1 N–H and O–H groups in total. The third-order valence-electron chi connectivity index (χ3n) is 4.62. The number of fused-ring (bicyclic) bond motifs is 4. The second-order valence-corrected chi connectivity index (χ2v) is 7.10. The molecule has 19 heavy (non-hydrogen) atoms. The van der Waals surface area contributed by atoms with Gasteiger partial charge in [0.2, 0.25) is 0 Å². The zero-order valence-corrected chi connectivity index (χ0v) is 12.5. The summed E-state index contributed by atoms with van der Waals surface area (Å²) in [6, 6.07) is 6.42. The largest absolute Gasteiger partial charge is 0.497 e. The molecule has 2 aliphatic rings. The van der Waals surface area contributed by atoms with E-state index in [1.54, 1.807) is 7.11 Å². The van der Waals surface area contributed by atoms with Crippen molar-refractivity contribution in [1.82, 2.24) is 0 Å². The third-order valence-corrected chi connectivity index (χ3v) is 5.95. The number of methoxy groups -OCH3 is 1. The normalized spacial score (nSPS) is 30.2. The van der Waals surface area contributed by atoms with Crippen LogP contribution in [0.15, 0.2) is 18.2 Å². The molecular weight excluding hydrogens is 254 g/mol. The summed E-state index contributed by atoms with van der Waals surface area (Å²) in [6.07, 6.45) is 4.61. The van der Waals surface area contributed by atoms with Gasteiger partial charge in [0.15, 0.2) is 0 Å². The highest BCUT2D eigenvalue weighted by atomic mass is 32.2. The first-order valence-corrected chi connectivity index (χ1v) is 8.08. The topological polar surface area (TPSA) is 33.1 Å². The van der Waals surface area contributed by atoms with Crippen LogP contribution in [0.4, 0.5) is 0 Å². The van der Waals surface area contributed by atoms with Crippen molar-refractivity contribution in [1.29, 1.82) is 5.41 Å². The van der Waals surface area contributed by atoms with E-state index in [4.69, 9.17) is 10.1 Å². The second-order valence-electron chi connectivity index (χ2n) is 5.79. The van der Waals surface area contributed by atoms with E-state index in [-0.39, 0.29) is 5.41 Å². The van der Waals surface area contributed by atoms with Crippen LogP contribution in [-0.2, 0) is 11.8 Å². The standard InChI is InChI=1S/C16H21NOS/c1-16-7-3-4-8-19-14(15(16)17)9-11-5-6-12(18-2)10-13(11)16/h5-6,10,14,17H,3-4,7-9H2,1-2H3. The molecule has 1 aromatic rings. The Kier molecular flexibility index (Phi) is 3.34. The van der Waals surface area contributed by atoms with Gasteiger partial charge in [-0.1, -0.05) is 19.4 Å².